The number of hydrogen-bond donors (Lipinski definition) is 1. The minimum Gasteiger partial charge on any atom is -0.386 e. The fraction of sp³-hybridized carbons (Fsp3) is 0.400. The van der Waals surface area contributed by atoms with Crippen LogP contribution in [0.4, 0.5) is 13.2 Å². The van der Waals surface area contributed by atoms with Crippen molar-refractivity contribution in [3.8, 4) is 0 Å². The van der Waals surface area contributed by atoms with Gasteiger partial charge < -0.3 is 9.84 Å². The lowest BCUT2D eigenvalue weighted by Gasteiger charge is -2.22. The Bertz CT molecular complexity index is 373. The fourth-order valence-electron chi connectivity index (χ4n) is 1.60. The molecule has 2 nitrogen and oxygen atoms in total. The summed E-state index contributed by atoms with van der Waals surface area (Å²) in [5, 5.41) is 9.45. The first-order valence-corrected chi connectivity index (χ1v) is 4.44. The normalized spacial score (nSPS) is 21.2. The van der Waals surface area contributed by atoms with Crippen molar-refractivity contribution >= 4 is 0 Å². The Morgan fingerprint density at radius 1 is 1.33 bits per heavy atom. The number of aliphatic hydroxyl groups excluding tert-OH is 1. The van der Waals surface area contributed by atoms with E-state index in [0.29, 0.717) is 11.1 Å². The van der Waals surface area contributed by atoms with Crippen LogP contribution in [0.15, 0.2) is 18.2 Å². The average Bonchev–Trinajstić information content (AvgIpc) is 2.16. The molecule has 2 rings (SSSR count). The van der Waals surface area contributed by atoms with Crippen LogP contribution < -0.4 is 0 Å². The second-order valence-corrected chi connectivity index (χ2v) is 3.44. The van der Waals surface area contributed by atoms with Crippen LogP contribution in [-0.4, -0.2) is 11.7 Å². The maximum atomic E-state index is 12.4. The van der Waals surface area contributed by atoms with E-state index < -0.39 is 17.8 Å². The summed E-state index contributed by atoms with van der Waals surface area (Å²) in [5.41, 5.74) is 0.219. The van der Waals surface area contributed by atoms with E-state index in [-0.39, 0.29) is 13.2 Å². The largest absolute Gasteiger partial charge is 0.416 e. The number of halogens is 3. The van der Waals surface area contributed by atoms with Crippen molar-refractivity contribution in [2.45, 2.75) is 18.9 Å². The Labute approximate surface area is 84.3 Å². The lowest BCUT2D eigenvalue weighted by atomic mass is 9.98. The van der Waals surface area contributed by atoms with Crippen LogP contribution in [0.1, 0.15) is 22.8 Å². The molecule has 0 aliphatic carbocycles. The van der Waals surface area contributed by atoms with Crippen molar-refractivity contribution < 1.29 is 23.0 Å². The van der Waals surface area contributed by atoms with Crippen LogP contribution in [0.5, 0.6) is 0 Å². The van der Waals surface area contributed by atoms with Crippen LogP contribution in [-0.2, 0) is 17.5 Å². The van der Waals surface area contributed by atoms with Gasteiger partial charge in [-0.05, 0) is 23.3 Å². The average molecular weight is 218 g/mol. The van der Waals surface area contributed by atoms with E-state index in [1.165, 1.54) is 6.07 Å². The van der Waals surface area contributed by atoms with Gasteiger partial charge in [-0.15, -0.1) is 0 Å². The Kier molecular flexibility index (Phi) is 2.44. The number of rotatable bonds is 0. The first-order chi connectivity index (χ1) is 6.98. The lowest BCUT2D eigenvalue weighted by molar-refractivity contribution is -0.137. The molecule has 1 aliphatic rings. The van der Waals surface area contributed by atoms with E-state index in [1.807, 2.05) is 0 Å². The van der Waals surface area contributed by atoms with Crippen molar-refractivity contribution in [2.75, 3.05) is 6.61 Å². The number of ether oxygens (including phenoxy) is 1. The van der Waals surface area contributed by atoms with Gasteiger partial charge >= 0.3 is 6.18 Å². The zero-order valence-corrected chi connectivity index (χ0v) is 7.71. The molecule has 5 heteroatoms. The van der Waals surface area contributed by atoms with Gasteiger partial charge in [-0.1, -0.05) is 6.07 Å². The Balaban J connectivity index is 2.42. The van der Waals surface area contributed by atoms with E-state index in [0.717, 1.165) is 12.1 Å². The summed E-state index contributed by atoms with van der Waals surface area (Å²) in [5.74, 6) is 0. The van der Waals surface area contributed by atoms with E-state index in [1.54, 1.807) is 0 Å². The second-order valence-electron chi connectivity index (χ2n) is 3.44. The smallest absolute Gasteiger partial charge is 0.386 e. The van der Waals surface area contributed by atoms with Crippen molar-refractivity contribution in [1.82, 2.24) is 0 Å². The van der Waals surface area contributed by atoms with E-state index in [9.17, 15) is 18.3 Å². The third kappa shape index (κ3) is 1.98. The molecular formula is C10H9F3O2. The quantitative estimate of drug-likeness (QED) is 0.723. The van der Waals surface area contributed by atoms with Gasteiger partial charge in [0.05, 0.1) is 18.8 Å². The maximum Gasteiger partial charge on any atom is 0.416 e. The van der Waals surface area contributed by atoms with Gasteiger partial charge in [0.2, 0.25) is 0 Å². The second kappa shape index (κ2) is 3.50. The Morgan fingerprint density at radius 3 is 2.73 bits per heavy atom. The molecule has 1 N–H and O–H groups in total. The molecule has 0 radical (unpaired) electrons. The summed E-state index contributed by atoms with van der Waals surface area (Å²) in [4.78, 5) is 0. The predicted octanol–water partition coefficient (Wildman–Crippen LogP) is 2.27. The third-order valence-corrected chi connectivity index (χ3v) is 2.36. The molecule has 0 amide bonds. The number of alkyl halides is 3. The maximum absolute atomic E-state index is 12.4. The van der Waals surface area contributed by atoms with Crippen molar-refractivity contribution in [3.63, 3.8) is 0 Å². The Morgan fingerprint density at radius 2 is 2.07 bits per heavy atom. The molecule has 0 saturated carbocycles. The third-order valence-electron chi connectivity index (χ3n) is 2.36. The summed E-state index contributed by atoms with van der Waals surface area (Å²) < 4.78 is 42.0. The molecule has 0 fully saturated rings. The molecule has 0 aromatic heterocycles. The number of aliphatic hydroxyl groups is 1. The standard InChI is InChI=1S/C10H9F3O2/c11-10(12,13)7-1-2-8-6(3-7)4-15-5-9(8)14/h1-3,9,14H,4-5H2. The summed E-state index contributed by atoms with van der Waals surface area (Å²) >= 11 is 0. The van der Waals surface area contributed by atoms with Crippen LogP contribution in [0.3, 0.4) is 0 Å². The van der Waals surface area contributed by atoms with Gasteiger partial charge in [-0.2, -0.15) is 13.2 Å². The van der Waals surface area contributed by atoms with Crippen LogP contribution in [0.25, 0.3) is 0 Å². The van der Waals surface area contributed by atoms with Gasteiger partial charge in [-0.25, -0.2) is 0 Å². The zero-order valence-electron chi connectivity index (χ0n) is 7.71. The van der Waals surface area contributed by atoms with E-state index in [2.05, 4.69) is 0 Å². The lowest BCUT2D eigenvalue weighted by Crippen LogP contribution is -2.17. The number of benzene rings is 1. The molecule has 1 aromatic carbocycles. The first-order valence-electron chi connectivity index (χ1n) is 4.44. The van der Waals surface area contributed by atoms with Crippen LogP contribution in [0, 0.1) is 0 Å². The zero-order chi connectivity index (χ0) is 11.1. The minimum absolute atomic E-state index is 0.121. The molecule has 0 saturated heterocycles. The van der Waals surface area contributed by atoms with E-state index >= 15 is 0 Å². The summed E-state index contributed by atoms with van der Waals surface area (Å²) in [7, 11) is 0. The highest BCUT2D eigenvalue weighted by atomic mass is 19.4. The van der Waals surface area contributed by atoms with Crippen LogP contribution in [0.2, 0.25) is 0 Å². The first kappa shape index (κ1) is 10.4. The highest BCUT2D eigenvalue weighted by molar-refractivity contribution is 5.35. The monoisotopic (exact) mass is 218 g/mol. The fourth-order valence-corrected chi connectivity index (χ4v) is 1.60. The molecular weight excluding hydrogens is 209 g/mol. The van der Waals surface area contributed by atoms with Crippen molar-refractivity contribution in [3.05, 3.63) is 34.9 Å². The minimum atomic E-state index is -4.35. The molecule has 1 atom stereocenters. The van der Waals surface area contributed by atoms with Crippen LogP contribution >= 0.6 is 0 Å². The molecule has 1 unspecified atom stereocenters. The van der Waals surface area contributed by atoms with Gasteiger partial charge in [0, 0.05) is 0 Å². The Hall–Kier alpha value is -1.07. The molecule has 15 heavy (non-hydrogen) atoms. The summed E-state index contributed by atoms with van der Waals surface area (Å²) in [6.07, 6.45) is -5.17. The molecule has 0 spiro atoms. The highest BCUT2D eigenvalue weighted by Gasteiger charge is 2.32. The topological polar surface area (TPSA) is 29.5 Å². The molecule has 82 valence electrons. The van der Waals surface area contributed by atoms with Gasteiger partial charge in [0.1, 0.15) is 6.10 Å². The van der Waals surface area contributed by atoms with Gasteiger partial charge in [0.15, 0.2) is 0 Å². The number of hydrogen-bond acceptors (Lipinski definition) is 2. The predicted molar refractivity (Wildman–Crippen MR) is 46.1 cm³/mol. The molecule has 0 bridgehead atoms. The summed E-state index contributed by atoms with van der Waals surface area (Å²) in [6.45, 7) is 0.259. The molecule has 1 heterocycles. The SMILES string of the molecule is OC1COCc2cc(C(F)(F)F)ccc21. The van der Waals surface area contributed by atoms with Gasteiger partial charge in [0.25, 0.3) is 0 Å². The van der Waals surface area contributed by atoms with Crippen molar-refractivity contribution in [1.29, 1.82) is 0 Å². The summed E-state index contributed by atoms with van der Waals surface area (Å²) in [6, 6.07) is 3.32. The van der Waals surface area contributed by atoms with E-state index in [4.69, 9.17) is 4.74 Å². The van der Waals surface area contributed by atoms with Crippen molar-refractivity contribution in [2.24, 2.45) is 0 Å². The highest BCUT2D eigenvalue weighted by Crippen LogP contribution is 2.33. The van der Waals surface area contributed by atoms with Gasteiger partial charge in [-0.3, -0.25) is 0 Å². The molecule has 1 aliphatic heterocycles. The molecule has 1 aromatic rings. The number of fused-ring (bicyclic) bond motifs is 1.